The van der Waals surface area contributed by atoms with Crippen LogP contribution in [0.2, 0.25) is 0 Å². The minimum atomic E-state index is -0.544. The van der Waals surface area contributed by atoms with Crippen LogP contribution in [0.1, 0.15) is 6.92 Å². The van der Waals surface area contributed by atoms with E-state index in [2.05, 4.69) is 4.98 Å². The van der Waals surface area contributed by atoms with Gasteiger partial charge in [-0.3, -0.25) is 4.57 Å². The molecule has 1 aromatic heterocycles. The molecule has 0 saturated carbocycles. The van der Waals surface area contributed by atoms with Gasteiger partial charge < -0.3 is 9.84 Å². The Hall–Kier alpha value is -1.37. The molecule has 20 heavy (non-hydrogen) atoms. The zero-order valence-corrected chi connectivity index (χ0v) is 12.0. The van der Waals surface area contributed by atoms with Crippen molar-refractivity contribution >= 4 is 11.8 Å². The number of halogens is 1. The molecule has 0 aliphatic heterocycles. The number of aliphatic hydroxyl groups excluding tert-OH is 1. The van der Waals surface area contributed by atoms with Gasteiger partial charge in [-0.25, -0.2) is 9.37 Å². The van der Waals surface area contributed by atoms with Gasteiger partial charge in [-0.15, -0.1) is 0 Å². The number of rotatable bonds is 7. The summed E-state index contributed by atoms with van der Waals surface area (Å²) in [4.78, 5) is 4.23. The van der Waals surface area contributed by atoms with Crippen LogP contribution in [-0.2, 0) is 4.74 Å². The maximum Gasteiger partial charge on any atom is 0.172 e. The van der Waals surface area contributed by atoms with Gasteiger partial charge in [0, 0.05) is 24.8 Å². The van der Waals surface area contributed by atoms with Crippen LogP contribution in [0, 0.1) is 5.82 Å². The van der Waals surface area contributed by atoms with E-state index >= 15 is 0 Å². The van der Waals surface area contributed by atoms with Crippen molar-refractivity contribution in [3.8, 4) is 5.69 Å². The average Bonchev–Trinajstić information content (AvgIpc) is 2.91. The van der Waals surface area contributed by atoms with Crippen LogP contribution in [-0.4, -0.2) is 39.7 Å². The highest BCUT2D eigenvalue weighted by atomic mass is 32.2. The summed E-state index contributed by atoms with van der Waals surface area (Å²) < 4.78 is 20.2. The van der Waals surface area contributed by atoms with Crippen molar-refractivity contribution in [1.29, 1.82) is 0 Å². The second kappa shape index (κ2) is 7.42. The van der Waals surface area contributed by atoms with Crippen LogP contribution < -0.4 is 0 Å². The van der Waals surface area contributed by atoms with E-state index in [1.54, 1.807) is 23.0 Å². The Morgan fingerprint density at radius 1 is 1.50 bits per heavy atom. The van der Waals surface area contributed by atoms with Gasteiger partial charge in [-0.2, -0.15) is 0 Å². The number of hydrogen-bond donors (Lipinski definition) is 1. The summed E-state index contributed by atoms with van der Waals surface area (Å²) in [5, 5.41) is 10.5. The van der Waals surface area contributed by atoms with Crippen molar-refractivity contribution in [2.45, 2.75) is 18.2 Å². The van der Waals surface area contributed by atoms with Gasteiger partial charge >= 0.3 is 0 Å². The van der Waals surface area contributed by atoms with E-state index < -0.39 is 6.10 Å². The van der Waals surface area contributed by atoms with Crippen molar-refractivity contribution in [3.05, 3.63) is 42.5 Å². The highest BCUT2D eigenvalue weighted by Crippen LogP contribution is 2.21. The van der Waals surface area contributed by atoms with E-state index in [4.69, 9.17) is 4.74 Å². The van der Waals surface area contributed by atoms with Gasteiger partial charge in [0.05, 0.1) is 18.4 Å². The molecule has 0 amide bonds. The molecular formula is C14H17FN2O2S. The van der Waals surface area contributed by atoms with E-state index in [9.17, 15) is 9.50 Å². The quantitative estimate of drug-likeness (QED) is 0.798. The Balaban J connectivity index is 2.02. The maximum absolute atomic E-state index is 13.2. The van der Waals surface area contributed by atoms with Crippen molar-refractivity contribution in [2.75, 3.05) is 19.0 Å². The Bertz CT molecular complexity index is 547. The molecular weight excluding hydrogens is 279 g/mol. The predicted octanol–water partition coefficient (Wildman–Crippen LogP) is 2.50. The average molecular weight is 296 g/mol. The second-order valence-corrected chi connectivity index (χ2v) is 5.17. The number of aromatic nitrogens is 2. The Labute approximate surface area is 121 Å². The van der Waals surface area contributed by atoms with Gasteiger partial charge in [0.2, 0.25) is 0 Å². The summed E-state index contributed by atoms with van der Waals surface area (Å²) in [5.41, 5.74) is 0.712. The Morgan fingerprint density at radius 2 is 2.35 bits per heavy atom. The number of nitrogens with zero attached hydrogens (tertiary/aromatic N) is 2. The van der Waals surface area contributed by atoms with Crippen LogP contribution in [0.25, 0.3) is 5.69 Å². The molecule has 0 saturated heterocycles. The van der Waals surface area contributed by atoms with Gasteiger partial charge in [0.25, 0.3) is 0 Å². The lowest BCUT2D eigenvalue weighted by Gasteiger charge is -2.11. The van der Waals surface area contributed by atoms with Crippen molar-refractivity contribution < 1.29 is 14.2 Å². The van der Waals surface area contributed by atoms with Crippen LogP contribution in [0.3, 0.4) is 0 Å². The third-order valence-corrected chi connectivity index (χ3v) is 3.72. The van der Waals surface area contributed by atoms with Crippen molar-refractivity contribution in [1.82, 2.24) is 9.55 Å². The summed E-state index contributed by atoms with van der Waals surface area (Å²) in [5.74, 6) is 0.190. The molecule has 0 radical (unpaired) electrons. The van der Waals surface area contributed by atoms with Gasteiger partial charge in [-0.05, 0) is 25.1 Å². The predicted molar refractivity (Wildman–Crippen MR) is 76.7 cm³/mol. The first-order valence-electron chi connectivity index (χ1n) is 6.38. The van der Waals surface area contributed by atoms with Crippen LogP contribution in [0.4, 0.5) is 4.39 Å². The summed E-state index contributed by atoms with van der Waals surface area (Å²) in [6.07, 6.45) is 2.88. The third kappa shape index (κ3) is 4.06. The smallest absolute Gasteiger partial charge is 0.172 e. The number of benzene rings is 1. The molecule has 4 nitrogen and oxygen atoms in total. The summed E-state index contributed by atoms with van der Waals surface area (Å²) in [6, 6.07) is 6.32. The standard InChI is InChI=1S/C14H17FN2O2S/c1-2-19-9-13(18)10-20-14-16-6-7-17(14)12-5-3-4-11(15)8-12/h3-8,13,18H,2,9-10H2,1H3/t13-/m1/s1. The van der Waals surface area contributed by atoms with Crippen LogP contribution in [0.5, 0.6) is 0 Å². The second-order valence-electron chi connectivity index (χ2n) is 4.18. The minimum Gasteiger partial charge on any atom is -0.390 e. The number of aliphatic hydroxyl groups is 1. The molecule has 0 unspecified atom stereocenters. The molecule has 6 heteroatoms. The molecule has 2 rings (SSSR count). The monoisotopic (exact) mass is 296 g/mol. The molecule has 1 heterocycles. The number of thioether (sulfide) groups is 1. The molecule has 0 fully saturated rings. The van der Waals surface area contributed by atoms with Gasteiger partial charge in [0.1, 0.15) is 5.82 Å². The topological polar surface area (TPSA) is 47.3 Å². The van der Waals surface area contributed by atoms with E-state index in [1.165, 1.54) is 23.9 Å². The molecule has 1 atom stereocenters. The van der Waals surface area contributed by atoms with E-state index in [-0.39, 0.29) is 5.82 Å². The van der Waals surface area contributed by atoms with E-state index in [0.717, 1.165) is 0 Å². The Morgan fingerprint density at radius 3 is 3.10 bits per heavy atom. The SMILES string of the molecule is CCOC[C@@H](O)CSc1nccn1-c1cccc(F)c1. The molecule has 0 spiro atoms. The largest absolute Gasteiger partial charge is 0.390 e. The molecule has 1 aromatic carbocycles. The lowest BCUT2D eigenvalue weighted by molar-refractivity contribution is 0.0551. The molecule has 0 bridgehead atoms. The van der Waals surface area contributed by atoms with Crippen LogP contribution in [0.15, 0.2) is 41.8 Å². The van der Waals surface area contributed by atoms with E-state index in [0.29, 0.717) is 29.8 Å². The van der Waals surface area contributed by atoms with Crippen molar-refractivity contribution in [3.63, 3.8) is 0 Å². The lowest BCUT2D eigenvalue weighted by Crippen LogP contribution is -2.18. The number of hydrogen-bond acceptors (Lipinski definition) is 4. The minimum absolute atomic E-state index is 0.288. The summed E-state index contributed by atoms with van der Waals surface area (Å²) in [6.45, 7) is 2.78. The van der Waals surface area contributed by atoms with Gasteiger partial charge in [-0.1, -0.05) is 17.8 Å². The first-order valence-corrected chi connectivity index (χ1v) is 7.37. The zero-order valence-electron chi connectivity index (χ0n) is 11.2. The van der Waals surface area contributed by atoms with Crippen molar-refractivity contribution in [2.24, 2.45) is 0 Å². The molecule has 0 aliphatic carbocycles. The van der Waals surface area contributed by atoms with Gasteiger partial charge in [0.15, 0.2) is 5.16 Å². The fourth-order valence-corrected chi connectivity index (χ4v) is 2.57. The number of imidazole rings is 1. The lowest BCUT2D eigenvalue weighted by atomic mass is 10.3. The Kier molecular flexibility index (Phi) is 5.58. The fourth-order valence-electron chi connectivity index (χ4n) is 1.69. The highest BCUT2D eigenvalue weighted by molar-refractivity contribution is 7.99. The summed E-state index contributed by atoms with van der Waals surface area (Å²) >= 11 is 1.41. The highest BCUT2D eigenvalue weighted by Gasteiger charge is 2.10. The zero-order chi connectivity index (χ0) is 14.4. The molecule has 108 valence electrons. The maximum atomic E-state index is 13.2. The normalized spacial score (nSPS) is 12.6. The molecule has 1 N–H and O–H groups in total. The first kappa shape index (κ1) is 15.0. The summed E-state index contributed by atoms with van der Waals surface area (Å²) in [7, 11) is 0. The molecule has 0 aliphatic rings. The first-order chi connectivity index (χ1) is 9.70. The number of ether oxygens (including phenoxy) is 1. The van der Waals surface area contributed by atoms with Crippen LogP contribution >= 0.6 is 11.8 Å². The molecule has 2 aromatic rings. The third-order valence-electron chi connectivity index (χ3n) is 2.61. The van der Waals surface area contributed by atoms with E-state index in [1.807, 2.05) is 13.0 Å². The fraction of sp³-hybridized carbons (Fsp3) is 0.357.